The fourth-order valence-electron chi connectivity index (χ4n) is 3.79. The molecule has 1 heterocycles. The molecule has 6 heteroatoms. The van der Waals surface area contributed by atoms with Gasteiger partial charge in [-0.05, 0) is 43.0 Å². The molecule has 0 aromatic heterocycles. The molecule has 0 radical (unpaired) electrons. The molecule has 2 aromatic carbocycles. The molecule has 0 atom stereocenters. The van der Waals surface area contributed by atoms with Gasteiger partial charge in [0.2, 0.25) is 0 Å². The SMILES string of the molecule is CN1CCN(Cc2ccc(-c3ccc(N(N)CC4CC4)c(N)c3Cl)cc2)CC1. The number of nitrogens with zero attached hydrogens (tertiary/aromatic N) is 3. The Balaban J connectivity index is 1.47. The van der Waals surface area contributed by atoms with Crippen molar-refractivity contribution in [2.75, 3.05) is 50.5 Å². The molecule has 1 aliphatic carbocycles. The number of hydrogen-bond acceptors (Lipinski definition) is 5. The minimum absolute atomic E-state index is 0.559. The lowest BCUT2D eigenvalue weighted by molar-refractivity contribution is 0.148. The average Bonchev–Trinajstić information content (AvgIpc) is 3.50. The van der Waals surface area contributed by atoms with Crippen molar-refractivity contribution in [1.82, 2.24) is 9.80 Å². The van der Waals surface area contributed by atoms with Gasteiger partial charge >= 0.3 is 0 Å². The van der Waals surface area contributed by atoms with Crippen LogP contribution in [0.1, 0.15) is 18.4 Å². The third-order valence-corrected chi connectivity index (χ3v) is 6.29. The van der Waals surface area contributed by atoms with E-state index in [1.807, 2.05) is 12.1 Å². The van der Waals surface area contributed by atoms with Crippen molar-refractivity contribution in [1.29, 1.82) is 0 Å². The Morgan fingerprint density at radius 3 is 2.36 bits per heavy atom. The number of anilines is 2. The summed E-state index contributed by atoms with van der Waals surface area (Å²) < 4.78 is 0. The first-order valence-corrected chi connectivity index (χ1v) is 10.5. The van der Waals surface area contributed by atoms with E-state index in [1.165, 1.54) is 18.4 Å². The van der Waals surface area contributed by atoms with Crippen LogP contribution in [-0.4, -0.2) is 49.6 Å². The van der Waals surface area contributed by atoms with Crippen molar-refractivity contribution in [2.24, 2.45) is 11.8 Å². The zero-order chi connectivity index (χ0) is 19.7. The van der Waals surface area contributed by atoms with Gasteiger partial charge in [-0.25, -0.2) is 5.84 Å². The average molecular weight is 400 g/mol. The number of nitrogen functional groups attached to an aromatic ring is 1. The number of piperazine rings is 1. The van der Waals surface area contributed by atoms with Crippen LogP contribution in [0.5, 0.6) is 0 Å². The largest absolute Gasteiger partial charge is 0.396 e. The van der Waals surface area contributed by atoms with Gasteiger partial charge in [-0.3, -0.25) is 4.90 Å². The van der Waals surface area contributed by atoms with Gasteiger partial charge in [-0.1, -0.05) is 41.9 Å². The summed E-state index contributed by atoms with van der Waals surface area (Å²) in [6.45, 7) is 6.35. The van der Waals surface area contributed by atoms with Gasteiger partial charge in [-0.15, -0.1) is 0 Å². The highest BCUT2D eigenvalue weighted by Gasteiger charge is 2.25. The molecule has 1 saturated carbocycles. The van der Waals surface area contributed by atoms with Gasteiger partial charge in [0.1, 0.15) is 0 Å². The molecule has 4 rings (SSSR count). The normalized spacial score (nSPS) is 18.4. The smallest absolute Gasteiger partial charge is 0.0762 e. The Hall–Kier alpha value is -1.79. The van der Waals surface area contributed by atoms with E-state index in [9.17, 15) is 0 Å². The third kappa shape index (κ3) is 4.44. The first-order chi connectivity index (χ1) is 13.5. The minimum atomic E-state index is 0.559. The van der Waals surface area contributed by atoms with Crippen LogP contribution in [0.2, 0.25) is 5.02 Å². The predicted molar refractivity (Wildman–Crippen MR) is 118 cm³/mol. The Kier molecular flexibility index (Phi) is 5.78. The molecule has 150 valence electrons. The molecule has 1 aliphatic heterocycles. The van der Waals surface area contributed by atoms with E-state index in [-0.39, 0.29) is 0 Å². The summed E-state index contributed by atoms with van der Waals surface area (Å²) in [5.41, 5.74) is 11.0. The maximum Gasteiger partial charge on any atom is 0.0762 e. The van der Waals surface area contributed by atoms with Crippen molar-refractivity contribution in [3.8, 4) is 11.1 Å². The Bertz CT molecular complexity index is 810. The third-order valence-electron chi connectivity index (χ3n) is 5.89. The summed E-state index contributed by atoms with van der Waals surface area (Å²) in [6, 6.07) is 12.7. The van der Waals surface area contributed by atoms with E-state index < -0.39 is 0 Å². The molecule has 0 unspecified atom stereocenters. The molecule has 1 saturated heterocycles. The van der Waals surface area contributed by atoms with E-state index >= 15 is 0 Å². The van der Waals surface area contributed by atoms with E-state index in [0.717, 1.165) is 56.1 Å². The lowest BCUT2D eigenvalue weighted by Gasteiger charge is -2.32. The van der Waals surface area contributed by atoms with Crippen LogP contribution in [0.4, 0.5) is 11.4 Å². The molecular weight excluding hydrogens is 370 g/mol. The topological polar surface area (TPSA) is 61.8 Å². The first-order valence-electron chi connectivity index (χ1n) is 10.1. The van der Waals surface area contributed by atoms with Crippen LogP contribution in [0.3, 0.4) is 0 Å². The number of nitrogens with two attached hydrogens (primary N) is 2. The molecule has 2 aromatic rings. The van der Waals surface area contributed by atoms with Crippen molar-refractivity contribution in [3.05, 3.63) is 47.0 Å². The van der Waals surface area contributed by atoms with Gasteiger partial charge < -0.3 is 15.6 Å². The van der Waals surface area contributed by atoms with Gasteiger partial charge in [-0.2, -0.15) is 0 Å². The van der Waals surface area contributed by atoms with Crippen LogP contribution in [-0.2, 0) is 6.54 Å². The van der Waals surface area contributed by atoms with Crippen molar-refractivity contribution in [3.63, 3.8) is 0 Å². The van der Waals surface area contributed by atoms with Gasteiger partial charge in [0.25, 0.3) is 0 Å². The number of rotatable bonds is 6. The summed E-state index contributed by atoms with van der Waals surface area (Å²) in [7, 11) is 2.18. The summed E-state index contributed by atoms with van der Waals surface area (Å²) in [4.78, 5) is 4.88. The Morgan fingerprint density at radius 2 is 1.71 bits per heavy atom. The van der Waals surface area contributed by atoms with Gasteiger partial charge in [0.05, 0.1) is 16.4 Å². The molecule has 0 bridgehead atoms. The Labute approximate surface area is 172 Å². The van der Waals surface area contributed by atoms with Crippen LogP contribution in [0, 0.1) is 5.92 Å². The molecular formula is C22H30ClN5. The highest BCUT2D eigenvalue weighted by molar-refractivity contribution is 6.36. The summed E-state index contributed by atoms with van der Waals surface area (Å²) >= 11 is 6.62. The van der Waals surface area contributed by atoms with E-state index in [4.69, 9.17) is 23.2 Å². The summed E-state index contributed by atoms with van der Waals surface area (Å²) in [5, 5.41) is 2.32. The quantitative estimate of drug-likeness (QED) is 0.442. The van der Waals surface area contributed by atoms with Crippen LogP contribution < -0.4 is 16.6 Å². The number of hydrazine groups is 1. The number of halogens is 1. The highest BCUT2D eigenvalue weighted by Crippen LogP contribution is 2.39. The maximum absolute atomic E-state index is 6.62. The molecule has 0 amide bonds. The zero-order valence-corrected chi connectivity index (χ0v) is 17.3. The molecule has 28 heavy (non-hydrogen) atoms. The predicted octanol–water partition coefficient (Wildman–Crippen LogP) is 3.43. The second-order valence-corrected chi connectivity index (χ2v) is 8.61. The second-order valence-electron chi connectivity index (χ2n) is 8.23. The zero-order valence-electron chi connectivity index (χ0n) is 16.6. The van der Waals surface area contributed by atoms with Gasteiger partial charge in [0.15, 0.2) is 0 Å². The van der Waals surface area contributed by atoms with Crippen molar-refractivity contribution < 1.29 is 0 Å². The van der Waals surface area contributed by atoms with Crippen molar-refractivity contribution >= 4 is 23.0 Å². The lowest BCUT2D eigenvalue weighted by Crippen LogP contribution is -2.43. The number of likely N-dealkylation sites (N-methyl/N-ethyl adjacent to an activating group) is 1. The van der Waals surface area contributed by atoms with Gasteiger partial charge in [0, 0.05) is 44.8 Å². The standard InChI is InChI=1S/C22H30ClN5/c1-26-10-12-27(13-11-26)14-16-4-6-18(7-5-16)19-8-9-20(22(24)21(19)23)28(25)15-17-2-3-17/h4-9,17H,2-3,10-15,24-25H2,1H3. The lowest BCUT2D eigenvalue weighted by atomic mass is 10.0. The second kappa shape index (κ2) is 8.29. The molecule has 2 fully saturated rings. The van der Waals surface area contributed by atoms with Crippen LogP contribution in [0.25, 0.3) is 11.1 Å². The number of benzene rings is 2. The van der Waals surface area contributed by atoms with E-state index in [2.05, 4.69) is 41.1 Å². The Morgan fingerprint density at radius 1 is 1.04 bits per heavy atom. The van der Waals surface area contributed by atoms with Crippen molar-refractivity contribution in [2.45, 2.75) is 19.4 Å². The highest BCUT2D eigenvalue weighted by atomic mass is 35.5. The van der Waals surface area contributed by atoms with E-state index in [1.54, 1.807) is 5.01 Å². The van der Waals surface area contributed by atoms with E-state index in [0.29, 0.717) is 16.6 Å². The summed E-state index contributed by atoms with van der Waals surface area (Å²) in [6.07, 6.45) is 2.50. The molecule has 2 aliphatic rings. The molecule has 4 N–H and O–H groups in total. The summed E-state index contributed by atoms with van der Waals surface area (Å²) in [5.74, 6) is 6.89. The number of hydrogen-bond donors (Lipinski definition) is 2. The molecule has 0 spiro atoms. The fraction of sp³-hybridized carbons (Fsp3) is 0.455. The van der Waals surface area contributed by atoms with Crippen LogP contribution >= 0.6 is 11.6 Å². The molecule has 5 nitrogen and oxygen atoms in total. The minimum Gasteiger partial charge on any atom is -0.396 e. The first kappa shape index (κ1) is 19.5. The maximum atomic E-state index is 6.62. The monoisotopic (exact) mass is 399 g/mol. The van der Waals surface area contributed by atoms with Crippen LogP contribution in [0.15, 0.2) is 36.4 Å². The fourth-order valence-corrected chi connectivity index (χ4v) is 4.06.